The molecule has 0 aliphatic heterocycles. The van der Waals surface area contributed by atoms with E-state index in [1.807, 2.05) is 19.9 Å². The van der Waals surface area contributed by atoms with Crippen molar-refractivity contribution < 1.29 is 9.53 Å². The third-order valence-corrected chi connectivity index (χ3v) is 2.78. The Balaban J connectivity index is 1.87. The lowest BCUT2D eigenvalue weighted by Crippen LogP contribution is -2.25. The molecule has 7 heteroatoms. The molecule has 0 saturated carbocycles. The van der Waals surface area contributed by atoms with E-state index in [9.17, 15) is 4.79 Å². The third-order valence-electron chi connectivity index (χ3n) is 2.78. The molecule has 2 aromatic rings. The molecule has 112 valence electrons. The number of rotatable bonds is 7. The van der Waals surface area contributed by atoms with Gasteiger partial charge in [0.15, 0.2) is 0 Å². The van der Waals surface area contributed by atoms with Crippen molar-refractivity contribution >= 4 is 5.91 Å². The summed E-state index contributed by atoms with van der Waals surface area (Å²) in [7, 11) is 0. The number of ether oxygens (including phenoxy) is 1. The van der Waals surface area contributed by atoms with Gasteiger partial charge in [-0.05, 0) is 48.9 Å². The van der Waals surface area contributed by atoms with E-state index in [1.165, 1.54) is 11.0 Å². The van der Waals surface area contributed by atoms with E-state index in [0.717, 1.165) is 12.1 Å². The lowest BCUT2D eigenvalue weighted by molar-refractivity contribution is 0.0757. The predicted octanol–water partition coefficient (Wildman–Crippen LogP) is 1.21. The Morgan fingerprint density at radius 3 is 3.00 bits per heavy atom. The Hall–Kier alpha value is -2.28. The molecule has 1 aromatic heterocycles. The second-order valence-electron chi connectivity index (χ2n) is 4.83. The number of tetrazole rings is 1. The minimum atomic E-state index is -0.116. The van der Waals surface area contributed by atoms with Gasteiger partial charge in [-0.15, -0.1) is 5.10 Å². The van der Waals surface area contributed by atoms with Gasteiger partial charge in [0.2, 0.25) is 0 Å². The highest BCUT2D eigenvalue weighted by atomic mass is 16.5. The summed E-state index contributed by atoms with van der Waals surface area (Å²) in [6, 6.07) is 7.14. The zero-order valence-corrected chi connectivity index (χ0v) is 12.2. The van der Waals surface area contributed by atoms with Gasteiger partial charge in [-0.1, -0.05) is 6.07 Å². The second-order valence-corrected chi connectivity index (χ2v) is 4.83. The van der Waals surface area contributed by atoms with Gasteiger partial charge in [-0.3, -0.25) is 4.79 Å². The summed E-state index contributed by atoms with van der Waals surface area (Å²) in [6.45, 7) is 5.20. The number of nitrogens with one attached hydrogen (secondary N) is 1. The van der Waals surface area contributed by atoms with Crippen molar-refractivity contribution in [2.75, 3.05) is 13.2 Å². The van der Waals surface area contributed by atoms with Gasteiger partial charge in [-0.2, -0.15) is 0 Å². The number of amides is 1. The average Bonchev–Trinajstić information content (AvgIpc) is 3.01. The number of carbonyl (C=O) groups excluding carboxylic acids is 1. The Morgan fingerprint density at radius 1 is 1.43 bits per heavy atom. The molecule has 0 spiro atoms. The summed E-state index contributed by atoms with van der Waals surface area (Å²) in [6.07, 6.45) is 2.49. The van der Waals surface area contributed by atoms with Crippen LogP contribution >= 0.6 is 0 Å². The molecule has 1 amide bonds. The van der Waals surface area contributed by atoms with Crippen molar-refractivity contribution in [2.24, 2.45) is 0 Å². The van der Waals surface area contributed by atoms with Gasteiger partial charge >= 0.3 is 0 Å². The van der Waals surface area contributed by atoms with E-state index < -0.39 is 0 Å². The van der Waals surface area contributed by atoms with E-state index in [-0.39, 0.29) is 12.0 Å². The third kappa shape index (κ3) is 4.64. The van der Waals surface area contributed by atoms with Gasteiger partial charge < -0.3 is 10.1 Å². The maximum atomic E-state index is 12.1. The van der Waals surface area contributed by atoms with Crippen LogP contribution in [0.4, 0.5) is 0 Å². The maximum Gasteiger partial charge on any atom is 0.251 e. The molecule has 0 unspecified atom stereocenters. The summed E-state index contributed by atoms with van der Waals surface area (Å²) in [4.78, 5) is 12.1. The number of hydrogen-bond acceptors (Lipinski definition) is 5. The summed E-state index contributed by atoms with van der Waals surface area (Å²) in [5, 5.41) is 13.8. The SMILES string of the molecule is CC(C)OCCCNC(=O)c1cccc(-n2cnnn2)c1. The molecular weight excluding hydrogens is 270 g/mol. The van der Waals surface area contributed by atoms with Gasteiger partial charge in [0, 0.05) is 18.7 Å². The molecule has 7 nitrogen and oxygen atoms in total. The topological polar surface area (TPSA) is 81.9 Å². The van der Waals surface area contributed by atoms with Gasteiger partial charge in [0.05, 0.1) is 11.8 Å². The number of hydrogen-bond donors (Lipinski definition) is 1. The normalized spacial score (nSPS) is 10.8. The Kier molecular flexibility index (Phi) is 5.39. The first-order valence-corrected chi connectivity index (χ1v) is 6.90. The van der Waals surface area contributed by atoms with Crippen molar-refractivity contribution in [3.05, 3.63) is 36.2 Å². The summed E-state index contributed by atoms with van der Waals surface area (Å²) < 4.78 is 6.93. The summed E-state index contributed by atoms with van der Waals surface area (Å²) in [5.41, 5.74) is 1.32. The minimum absolute atomic E-state index is 0.116. The van der Waals surface area contributed by atoms with Crippen molar-refractivity contribution in [3.63, 3.8) is 0 Å². The van der Waals surface area contributed by atoms with E-state index >= 15 is 0 Å². The first kappa shape index (κ1) is 15.1. The molecule has 0 fully saturated rings. The number of aromatic nitrogens is 4. The molecule has 1 heterocycles. The standard InChI is InChI=1S/C14H19N5O2/c1-11(2)21-8-4-7-15-14(20)12-5-3-6-13(9-12)19-10-16-17-18-19/h3,5-6,9-11H,4,7-8H2,1-2H3,(H,15,20). The predicted molar refractivity (Wildman–Crippen MR) is 77.2 cm³/mol. The van der Waals surface area contributed by atoms with Crippen LogP contribution in [0, 0.1) is 0 Å². The summed E-state index contributed by atoms with van der Waals surface area (Å²) in [5.74, 6) is -0.116. The lowest BCUT2D eigenvalue weighted by atomic mass is 10.2. The highest BCUT2D eigenvalue weighted by Gasteiger charge is 2.07. The molecule has 0 bridgehead atoms. The smallest absolute Gasteiger partial charge is 0.251 e. The van der Waals surface area contributed by atoms with Crippen molar-refractivity contribution in [1.82, 2.24) is 25.5 Å². The second kappa shape index (κ2) is 7.49. The molecule has 2 rings (SSSR count). The van der Waals surface area contributed by atoms with Crippen LogP contribution in [0.25, 0.3) is 5.69 Å². The first-order chi connectivity index (χ1) is 10.2. The fraction of sp³-hybridized carbons (Fsp3) is 0.429. The van der Waals surface area contributed by atoms with Crippen LogP contribution in [0.1, 0.15) is 30.6 Å². The minimum Gasteiger partial charge on any atom is -0.379 e. The van der Waals surface area contributed by atoms with Crippen LogP contribution < -0.4 is 5.32 Å². The maximum absolute atomic E-state index is 12.1. The van der Waals surface area contributed by atoms with Gasteiger partial charge in [0.1, 0.15) is 6.33 Å². The van der Waals surface area contributed by atoms with E-state index in [0.29, 0.717) is 18.7 Å². The van der Waals surface area contributed by atoms with Crippen LogP contribution in [0.3, 0.4) is 0 Å². The average molecular weight is 289 g/mol. The number of benzene rings is 1. The van der Waals surface area contributed by atoms with Crippen LogP contribution in [-0.2, 0) is 4.74 Å². The number of carbonyl (C=O) groups is 1. The van der Waals surface area contributed by atoms with Crippen LogP contribution in [0.5, 0.6) is 0 Å². The highest BCUT2D eigenvalue weighted by Crippen LogP contribution is 2.08. The summed E-state index contributed by atoms with van der Waals surface area (Å²) >= 11 is 0. The van der Waals surface area contributed by atoms with Crippen LogP contribution in [0.15, 0.2) is 30.6 Å². The fourth-order valence-corrected chi connectivity index (χ4v) is 1.76. The van der Waals surface area contributed by atoms with Crippen LogP contribution in [-0.4, -0.2) is 45.4 Å². The highest BCUT2D eigenvalue weighted by molar-refractivity contribution is 5.94. The number of nitrogens with zero attached hydrogens (tertiary/aromatic N) is 4. The van der Waals surface area contributed by atoms with Crippen LogP contribution in [0.2, 0.25) is 0 Å². The van der Waals surface area contributed by atoms with Gasteiger partial charge in [-0.25, -0.2) is 4.68 Å². The van der Waals surface area contributed by atoms with E-state index in [1.54, 1.807) is 18.2 Å². The zero-order chi connectivity index (χ0) is 15.1. The molecular formula is C14H19N5O2. The van der Waals surface area contributed by atoms with Crippen molar-refractivity contribution in [2.45, 2.75) is 26.4 Å². The molecule has 1 N–H and O–H groups in total. The first-order valence-electron chi connectivity index (χ1n) is 6.90. The quantitative estimate of drug-likeness (QED) is 0.775. The lowest BCUT2D eigenvalue weighted by Gasteiger charge is -2.09. The zero-order valence-electron chi connectivity index (χ0n) is 12.2. The molecule has 0 radical (unpaired) electrons. The fourth-order valence-electron chi connectivity index (χ4n) is 1.76. The van der Waals surface area contributed by atoms with Crippen molar-refractivity contribution in [1.29, 1.82) is 0 Å². The largest absolute Gasteiger partial charge is 0.379 e. The molecule has 1 aromatic carbocycles. The Bertz CT molecular complexity index is 569. The van der Waals surface area contributed by atoms with E-state index in [4.69, 9.17) is 4.74 Å². The molecule has 0 saturated heterocycles. The van der Waals surface area contributed by atoms with Crippen molar-refractivity contribution in [3.8, 4) is 5.69 Å². The Morgan fingerprint density at radius 2 is 2.29 bits per heavy atom. The molecule has 0 atom stereocenters. The molecule has 0 aliphatic carbocycles. The molecule has 21 heavy (non-hydrogen) atoms. The van der Waals surface area contributed by atoms with Gasteiger partial charge in [0.25, 0.3) is 5.91 Å². The van der Waals surface area contributed by atoms with E-state index in [2.05, 4.69) is 20.8 Å². The molecule has 0 aliphatic rings. The monoisotopic (exact) mass is 289 g/mol. The Labute approximate surface area is 123 Å².